The Morgan fingerprint density at radius 3 is 2.77 bits per heavy atom. The predicted octanol–water partition coefficient (Wildman–Crippen LogP) is 3.00. The van der Waals surface area contributed by atoms with Gasteiger partial charge in [0.05, 0.1) is 18.2 Å². The molecule has 0 fully saturated rings. The van der Waals surface area contributed by atoms with Crippen LogP contribution in [0.1, 0.15) is 30.9 Å². The number of hydrogen-bond donors (Lipinski definition) is 0. The lowest BCUT2D eigenvalue weighted by atomic mass is 10.1. The van der Waals surface area contributed by atoms with Crippen molar-refractivity contribution < 1.29 is 0 Å². The Kier molecular flexibility index (Phi) is 3.79. The second-order valence-corrected chi connectivity index (χ2v) is 5.68. The fourth-order valence-corrected chi connectivity index (χ4v) is 2.66. The van der Waals surface area contributed by atoms with Gasteiger partial charge in [-0.3, -0.25) is 9.36 Å². The van der Waals surface area contributed by atoms with Gasteiger partial charge in [0.2, 0.25) is 0 Å². The SMILES string of the molecule is CCCCn1cnc2c(cnn2-c2ccc(C)cc2C)c1=O. The van der Waals surface area contributed by atoms with Crippen LogP contribution in [0.5, 0.6) is 0 Å². The molecule has 22 heavy (non-hydrogen) atoms. The minimum absolute atomic E-state index is 0.0190. The first-order valence-corrected chi connectivity index (χ1v) is 7.62. The molecule has 5 nitrogen and oxygen atoms in total. The van der Waals surface area contributed by atoms with Crippen molar-refractivity contribution in [2.45, 2.75) is 40.2 Å². The van der Waals surface area contributed by atoms with Gasteiger partial charge >= 0.3 is 0 Å². The molecule has 0 unspecified atom stereocenters. The van der Waals surface area contributed by atoms with Gasteiger partial charge in [0.15, 0.2) is 5.65 Å². The maximum absolute atomic E-state index is 12.5. The molecule has 0 radical (unpaired) electrons. The van der Waals surface area contributed by atoms with Crippen LogP contribution in [0, 0.1) is 13.8 Å². The van der Waals surface area contributed by atoms with Crippen LogP contribution in [0.25, 0.3) is 16.7 Å². The van der Waals surface area contributed by atoms with Crippen LogP contribution in [0.3, 0.4) is 0 Å². The van der Waals surface area contributed by atoms with Crippen molar-refractivity contribution in [3.63, 3.8) is 0 Å². The Morgan fingerprint density at radius 1 is 1.23 bits per heavy atom. The predicted molar refractivity (Wildman–Crippen MR) is 87.5 cm³/mol. The van der Waals surface area contributed by atoms with Crippen molar-refractivity contribution in [3.8, 4) is 5.69 Å². The summed E-state index contributed by atoms with van der Waals surface area (Å²) < 4.78 is 3.41. The molecule has 114 valence electrons. The van der Waals surface area contributed by atoms with E-state index in [1.54, 1.807) is 21.8 Å². The molecule has 0 aliphatic heterocycles. The molecule has 0 N–H and O–H groups in total. The van der Waals surface area contributed by atoms with Gasteiger partial charge in [-0.2, -0.15) is 5.10 Å². The van der Waals surface area contributed by atoms with Crippen LogP contribution in [0.2, 0.25) is 0 Å². The highest BCUT2D eigenvalue weighted by molar-refractivity contribution is 5.75. The third-order valence-corrected chi connectivity index (χ3v) is 3.89. The summed E-state index contributed by atoms with van der Waals surface area (Å²) in [5.41, 5.74) is 3.87. The molecule has 0 aliphatic carbocycles. The zero-order valence-electron chi connectivity index (χ0n) is 13.2. The standard InChI is InChI=1S/C17H20N4O/c1-4-5-8-20-11-18-16-14(17(20)22)10-19-21(16)15-7-6-12(2)9-13(15)3/h6-7,9-11H,4-5,8H2,1-3H3. The molecule has 3 rings (SSSR count). The van der Waals surface area contributed by atoms with E-state index in [2.05, 4.69) is 30.0 Å². The quantitative estimate of drug-likeness (QED) is 0.743. The molecule has 0 bridgehead atoms. The van der Waals surface area contributed by atoms with E-state index in [9.17, 15) is 4.79 Å². The van der Waals surface area contributed by atoms with E-state index in [1.165, 1.54) is 5.56 Å². The maximum atomic E-state index is 12.5. The number of nitrogens with zero attached hydrogens (tertiary/aromatic N) is 4. The number of aryl methyl sites for hydroxylation is 3. The zero-order chi connectivity index (χ0) is 15.7. The molecule has 3 aromatic rings. The molecule has 2 aromatic heterocycles. The van der Waals surface area contributed by atoms with E-state index in [4.69, 9.17) is 0 Å². The second kappa shape index (κ2) is 5.75. The lowest BCUT2D eigenvalue weighted by Gasteiger charge is -2.08. The van der Waals surface area contributed by atoms with E-state index >= 15 is 0 Å². The fourth-order valence-electron chi connectivity index (χ4n) is 2.66. The van der Waals surface area contributed by atoms with Gasteiger partial charge in [-0.05, 0) is 31.9 Å². The molecular weight excluding hydrogens is 276 g/mol. The molecule has 1 aromatic carbocycles. The largest absolute Gasteiger partial charge is 0.299 e. The van der Waals surface area contributed by atoms with Crippen molar-refractivity contribution in [1.29, 1.82) is 0 Å². The van der Waals surface area contributed by atoms with Gasteiger partial charge in [-0.1, -0.05) is 31.0 Å². The summed E-state index contributed by atoms with van der Waals surface area (Å²) in [4.78, 5) is 16.9. The number of rotatable bonds is 4. The van der Waals surface area contributed by atoms with E-state index < -0.39 is 0 Å². The minimum Gasteiger partial charge on any atom is -0.299 e. The van der Waals surface area contributed by atoms with Crippen LogP contribution in [-0.2, 0) is 6.54 Å². The van der Waals surface area contributed by atoms with Gasteiger partial charge < -0.3 is 0 Å². The summed E-state index contributed by atoms with van der Waals surface area (Å²) in [5, 5.41) is 4.95. The molecule has 0 amide bonds. The molecule has 0 saturated heterocycles. The van der Waals surface area contributed by atoms with Gasteiger partial charge in [0.25, 0.3) is 5.56 Å². The number of benzene rings is 1. The van der Waals surface area contributed by atoms with Crippen molar-refractivity contribution in [3.05, 3.63) is 52.2 Å². The van der Waals surface area contributed by atoms with E-state index in [-0.39, 0.29) is 5.56 Å². The highest BCUT2D eigenvalue weighted by Gasteiger charge is 2.12. The Labute approximate surface area is 129 Å². The van der Waals surface area contributed by atoms with Crippen molar-refractivity contribution in [1.82, 2.24) is 19.3 Å². The smallest absolute Gasteiger partial charge is 0.264 e. The Morgan fingerprint density at radius 2 is 2.05 bits per heavy atom. The Hall–Kier alpha value is -2.43. The van der Waals surface area contributed by atoms with Crippen molar-refractivity contribution >= 4 is 11.0 Å². The van der Waals surface area contributed by atoms with Crippen LogP contribution >= 0.6 is 0 Å². The summed E-state index contributed by atoms with van der Waals surface area (Å²) in [6.45, 7) is 6.91. The first kappa shape index (κ1) is 14.5. The molecule has 5 heteroatoms. The van der Waals surface area contributed by atoms with Crippen LogP contribution in [0.15, 0.2) is 35.5 Å². The highest BCUT2D eigenvalue weighted by Crippen LogP contribution is 2.18. The molecular formula is C17H20N4O. The van der Waals surface area contributed by atoms with Crippen LogP contribution in [-0.4, -0.2) is 19.3 Å². The molecule has 2 heterocycles. The van der Waals surface area contributed by atoms with E-state index in [0.29, 0.717) is 17.6 Å². The summed E-state index contributed by atoms with van der Waals surface area (Å²) >= 11 is 0. The summed E-state index contributed by atoms with van der Waals surface area (Å²) in [6, 6.07) is 6.16. The van der Waals surface area contributed by atoms with Crippen molar-refractivity contribution in [2.24, 2.45) is 0 Å². The monoisotopic (exact) mass is 296 g/mol. The zero-order valence-corrected chi connectivity index (χ0v) is 13.2. The van der Waals surface area contributed by atoms with Gasteiger partial charge in [-0.15, -0.1) is 0 Å². The second-order valence-electron chi connectivity index (χ2n) is 5.68. The molecule has 0 spiro atoms. The first-order valence-electron chi connectivity index (χ1n) is 7.62. The van der Waals surface area contributed by atoms with Crippen molar-refractivity contribution in [2.75, 3.05) is 0 Å². The summed E-state index contributed by atoms with van der Waals surface area (Å²) in [6.07, 6.45) is 5.26. The lowest BCUT2D eigenvalue weighted by molar-refractivity contribution is 0.608. The van der Waals surface area contributed by atoms with E-state index in [1.807, 2.05) is 19.1 Å². The average molecular weight is 296 g/mol. The number of aromatic nitrogens is 4. The highest BCUT2D eigenvalue weighted by atomic mass is 16.1. The summed E-state index contributed by atoms with van der Waals surface area (Å²) in [7, 11) is 0. The molecule has 0 aliphatic rings. The average Bonchev–Trinajstić information content (AvgIpc) is 2.91. The van der Waals surface area contributed by atoms with Gasteiger partial charge in [0, 0.05) is 6.54 Å². The van der Waals surface area contributed by atoms with Gasteiger partial charge in [0.1, 0.15) is 5.39 Å². The summed E-state index contributed by atoms with van der Waals surface area (Å²) in [5.74, 6) is 0. The third-order valence-electron chi connectivity index (χ3n) is 3.89. The number of unbranched alkanes of at least 4 members (excludes halogenated alkanes) is 1. The topological polar surface area (TPSA) is 52.7 Å². The minimum atomic E-state index is -0.0190. The normalized spacial score (nSPS) is 11.2. The van der Waals surface area contributed by atoms with Crippen LogP contribution < -0.4 is 5.56 Å². The molecule has 0 atom stereocenters. The number of hydrogen-bond acceptors (Lipinski definition) is 3. The lowest BCUT2D eigenvalue weighted by Crippen LogP contribution is -2.20. The molecule has 0 saturated carbocycles. The van der Waals surface area contributed by atoms with Crippen LogP contribution in [0.4, 0.5) is 0 Å². The van der Waals surface area contributed by atoms with E-state index in [0.717, 1.165) is 24.1 Å². The Bertz CT molecular complexity index is 876. The maximum Gasteiger partial charge on any atom is 0.264 e. The number of fused-ring (bicyclic) bond motifs is 1. The third kappa shape index (κ3) is 2.43. The fraction of sp³-hybridized carbons (Fsp3) is 0.353. The van der Waals surface area contributed by atoms with Gasteiger partial charge in [-0.25, -0.2) is 9.67 Å². The Balaban J connectivity index is 2.13. The first-order chi connectivity index (χ1) is 10.6.